The Labute approximate surface area is 367 Å². The number of rotatable bonds is 13. The number of anilines is 6. The van der Waals surface area contributed by atoms with E-state index in [0.717, 1.165) is 39.7 Å². The van der Waals surface area contributed by atoms with Crippen molar-refractivity contribution in [3.63, 3.8) is 0 Å². The Balaban J connectivity index is 0.954. The maximum Gasteiger partial charge on any atom is 0.0462 e. The molecule has 0 unspecified atom stereocenters. The van der Waals surface area contributed by atoms with E-state index in [1.807, 2.05) is 34.8 Å². The lowest BCUT2D eigenvalue weighted by molar-refractivity contribution is 1.28. The van der Waals surface area contributed by atoms with Crippen molar-refractivity contribution in [3.05, 3.63) is 248 Å². The number of para-hydroxylation sites is 2. The van der Waals surface area contributed by atoms with Crippen LogP contribution in [0.5, 0.6) is 0 Å². The van der Waals surface area contributed by atoms with Gasteiger partial charge in [0.25, 0.3) is 0 Å². The molecule has 9 aromatic rings. The summed E-state index contributed by atoms with van der Waals surface area (Å²) >= 11 is 3.64. The normalized spacial score (nSPS) is 11.5. The summed E-state index contributed by atoms with van der Waals surface area (Å²) in [6.07, 6.45) is 7.92. The molecule has 0 amide bonds. The van der Waals surface area contributed by atoms with Crippen molar-refractivity contribution in [2.45, 2.75) is 6.92 Å². The van der Waals surface area contributed by atoms with Gasteiger partial charge >= 0.3 is 0 Å². The highest BCUT2D eigenvalue weighted by Gasteiger charge is 2.16. The van der Waals surface area contributed by atoms with Gasteiger partial charge in [0.1, 0.15) is 0 Å². The van der Waals surface area contributed by atoms with E-state index in [-0.39, 0.29) is 0 Å². The lowest BCUT2D eigenvalue weighted by atomic mass is 10.0. The Morgan fingerprint density at radius 2 is 0.705 bits per heavy atom. The number of hydrogen-bond acceptors (Lipinski definition) is 4. The molecule has 4 heteroatoms. The molecule has 0 N–H and O–H groups in total. The molecule has 9 rings (SSSR count). The summed E-state index contributed by atoms with van der Waals surface area (Å²) in [7, 11) is 0. The quantitative estimate of drug-likeness (QED) is 0.107. The van der Waals surface area contributed by atoms with Gasteiger partial charge in [-0.3, -0.25) is 0 Å². The molecule has 0 aliphatic carbocycles. The van der Waals surface area contributed by atoms with Crippen LogP contribution in [-0.4, -0.2) is 0 Å². The summed E-state index contributed by atoms with van der Waals surface area (Å²) in [6, 6.07) is 76.3. The van der Waals surface area contributed by atoms with Gasteiger partial charge in [0.15, 0.2) is 0 Å². The summed E-state index contributed by atoms with van der Waals surface area (Å²) in [4.78, 5) is 9.69. The molecule has 0 saturated heterocycles. The van der Waals surface area contributed by atoms with Crippen molar-refractivity contribution in [2.75, 3.05) is 9.80 Å². The zero-order valence-corrected chi connectivity index (χ0v) is 35.6. The standard InChI is InChI=1S/C57H44N2S2/c1-3-4-8-15-42(2)54-38-39-56(60-54)46-26-34-52(35-27-46)58(48-18-11-6-12-19-48)50-30-22-43(23-31-50)44-24-32-51(33-25-44)59(49-20-13-7-14-21-49)53-36-28-47(29-37-53)57-41-40-55(61-57)45-16-9-5-10-17-45/h3-41H,1H2,2H3/b8-4-,42-15+. The van der Waals surface area contributed by atoms with Gasteiger partial charge in [-0.2, -0.15) is 0 Å². The molecule has 0 atom stereocenters. The van der Waals surface area contributed by atoms with Gasteiger partial charge in [-0.15, -0.1) is 22.7 Å². The lowest BCUT2D eigenvalue weighted by Gasteiger charge is -2.26. The van der Waals surface area contributed by atoms with Crippen LogP contribution < -0.4 is 9.80 Å². The minimum atomic E-state index is 1.10. The van der Waals surface area contributed by atoms with E-state index in [2.05, 4.69) is 242 Å². The summed E-state index contributed by atoms with van der Waals surface area (Å²) < 4.78 is 0. The Hall–Kier alpha value is -7.24. The Morgan fingerprint density at radius 3 is 1.13 bits per heavy atom. The largest absolute Gasteiger partial charge is 0.311 e. The molecule has 0 aliphatic rings. The second-order valence-electron chi connectivity index (χ2n) is 14.7. The third-order valence-electron chi connectivity index (χ3n) is 10.7. The smallest absolute Gasteiger partial charge is 0.0462 e. The van der Waals surface area contributed by atoms with Gasteiger partial charge in [-0.1, -0.05) is 146 Å². The monoisotopic (exact) mass is 820 g/mol. The second kappa shape index (κ2) is 18.4. The number of allylic oxidation sites excluding steroid dienone is 5. The van der Waals surface area contributed by atoms with E-state index >= 15 is 0 Å². The first-order valence-corrected chi connectivity index (χ1v) is 22.1. The van der Waals surface area contributed by atoms with Crippen molar-refractivity contribution in [2.24, 2.45) is 0 Å². The molecule has 0 fully saturated rings. The molecule has 2 aromatic heterocycles. The van der Waals surface area contributed by atoms with Crippen molar-refractivity contribution in [1.29, 1.82) is 0 Å². The molecular formula is C57H44N2S2. The fraction of sp³-hybridized carbons (Fsp3) is 0.0175. The Bertz CT molecular complexity index is 2890. The molecule has 61 heavy (non-hydrogen) atoms. The first-order chi connectivity index (χ1) is 30.1. The highest BCUT2D eigenvalue weighted by Crippen LogP contribution is 2.41. The zero-order valence-electron chi connectivity index (χ0n) is 33.9. The Morgan fingerprint density at radius 1 is 0.361 bits per heavy atom. The fourth-order valence-corrected chi connectivity index (χ4v) is 9.53. The highest BCUT2D eigenvalue weighted by atomic mass is 32.1. The summed E-state index contributed by atoms with van der Waals surface area (Å²) in [6.45, 7) is 5.92. The predicted molar refractivity (Wildman–Crippen MR) is 266 cm³/mol. The molecule has 2 nitrogen and oxygen atoms in total. The molecule has 0 bridgehead atoms. The van der Waals surface area contributed by atoms with E-state index < -0.39 is 0 Å². The van der Waals surface area contributed by atoms with Crippen molar-refractivity contribution in [1.82, 2.24) is 0 Å². The van der Waals surface area contributed by atoms with E-state index in [1.165, 1.54) is 47.3 Å². The molecule has 0 saturated carbocycles. The molecule has 294 valence electrons. The number of hydrogen-bond donors (Lipinski definition) is 0. The second-order valence-corrected chi connectivity index (χ2v) is 16.9. The van der Waals surface area contributed by atoms with Crippen LogP contribution >= 0.6 is 22.7 Å². The highest BCUT2D eigenvalue weighted by molar-refractivity contribution is 7.18. The molecule has 7 aromatic carbocycles. The van der Waals surface area contributed by atoms with Gasteiger partial charge in [-0.05, 0) is 137 Å². The average molecular weight is 821 g/mol. The topological polar surface area (TPSA) is 6.48 Å². The minimum Gasteiger partial charge on any atom is -0.311 e. The number of thiophene rings is 2. The van der Waals surface area contributed by atoms with E-state index in [0.29, 0.717) is 0 Å². The van der Waals surface area contributed by atoms with E-state index in [9.17, 15) is 0 Å². The van der Waals surface area contributed by atoms with E-state index in [1.54, 1.807) is 6.08 Å². The van der Waals surface area contributed by atoms with Crippen LogP contribution in [-0.2, 0) is 0 Å². The van der Waals surface area contributed by atoms with Crippen LogP contribution in [0, 0.1) is 0 Å². The lowest BCUT2D eigenvalue weighted by Crippen LogP contribution is -2.10. The number of benzene rings is 7. The minimum absolute atomic E-state index is 1.10. The third kappa shape index (κ3) is 8.88. The van der Waals surface area contributed by atoms with Crippen LogP contribution in [0.3, 0.4) is 0 Å². The van der Waals surface area contributed by atoms with Crippen molar-refractivity contribution < 1.29 is 0 Å². The fourth-order valence-electron chi connectivity index (χ4n) is 7.52. The van der Waals surface area contributed by atoms with Crippen LogP contribution in [0.15, 0.2) is 243 Å². The summed E-state index contributed by atoms with van der Waals surface area (Å²) in [5, 5.41) is 0. The third-order valence-corrected chi connectivity index (χ3v) is 13.1. The average Bonchev–Trinajstić information content (AvgIpc) is 4.04. The molecule has 0 aliphatic heterocycles. The molecule has 0 radical (unpaired) electrons. The van der Waals surface area contributed by atoms with E-state index in [4.69, 9.17) is 0 Å². The van der Waals surface area contributed by atoms with Gasteiger partial charge in [0, 0.05) is 53.6 Å². The van der Waals surface area contributed by atoms with Gasteiger partial charge in [0.2, 0.25) is 0 Å². The van der Waals surface area contributed by atoms with Gasteiger partial charge < -0.3 is 9.80 Å². The summed E-state index contributed by atoms with van der Waals surface area (Å²) in [5.41, 5.74) is 13.9. The van der Waals surface area contributed by atoms with Crippen LogP contribution in [0.1, 0.15) is 11.8 Å². The number of nitrogens with zero attached hydrogens (tertiary/aromatic N) is 2. The van der Waals surface area contributed by atoms with Crippen molar-refractivity contribution >= 4 is 62.4 Å². The molecular weight excluding hydrogens is 777 g/mol. The Kier molecular flexibility index (Phi) is 11.8. The molecule has 2 heterocycles. The maximum absolute atomic E-state index is 3.77. The van der Waals surface area contributed by atoms with Gasteiger partial charge in [-0.25, -0.2) is 0 Å². The van der Waals surface area contributed by atoms with Crippen molar-refractivity contribution in [3.8, 4) is 42.4 Å². The predicted octanol–water partition coefficient (Wildman–Crippen LogP) is 17.6. The maximum atomic E-state index is 3.77. The first kappa shape index (κ1) is 39.2. The summed E-state index contributed by atoms with van der Waals surface area (Å²) in [5.74, 6) is 0. The van der Waals surface area contributed by atoms with Gasteiger partial charge in [0.05, 0.1) is 0 Å². The zero-order chi connectivity index (χ0) is 41.4. The molecule has 0 spiro atoms. The SMILES string of the molecule is C=C/C=C\C=C(/C)c1ccc(-c2ccc(N(c3ccccc3)c3ccc(-c4ccc(N(c5ccccc5)c5ccc(-c6ccc(-c7ccccc7)s6)cc5)cc4)cc3)cc2)s1. The van der Waals surface area contributed by atoms with Crippen LogP contribution in [0.4, 0.5) is 34.1 Å². The van der Waals surface area contributed by atoms with Crippen LogP contribution in [0.2, 0.25) is 0 Å². The van der Waals surface area contributed by atoms with Crippen LogP contribution in [0.25, 0.3) is 48.0 Å². The first-order valence-electron chi connectivity index (χ1n) is 20.4.